The molecule has 0 aliphatic carbocycles. The molecule has 0 spiro atoms. The van der Waals surface area contributed by atoms with E-state index >= 15 is 0 Å². The molecule has 2 aliphatic heterocycles. The van der Waals surface area contributed by atoms with E-state index in [9.17, 15) is 0 Å². The SMILES string of the molecule is CCC(C)(C)c1cc(NC2=CC=NC(N)(c3ccc(OC)c(OCCN4CCCC4)c3)N2)n[nH]1. The number of aromatic nitrogens is 2. The van der Waals surface area contributed by atoms with Crippen LogP contribution in [-0.2, 0) is 11.2 Å². The number of rotatable bonds is 10. The van der Waals surface area contributed by atoms with Gasteiger partial charge in [-0.1, -0.05) is 20.8 Å². The number of aromatic amines is 1. The lowest BCUT2D eigenvalue weighted by molar-refractivity contribution is 0.229. The number of ether oxygens (including phenoxy) is 2. The molecule has 1 fully saturated rings. The molecule has 1 aromatic carbocycles. The maximum atomic E-state index is 6.69. The van der Waals surface area contributed by atoms with Gasteiger partial charge >= 0.3 is 0 Å². The molecule has 1 saturated heterocycles. The number of anilines is 1. The maximum Gasteiger partial charge on any atom is 0.210 e. The van der Waals surface area contributed by atoms with E-state index in [0.29, 0.717) is 29.7 Å². The van der Waals surface area contributed by atoms with Crippen LogP contribution in [0.4, 0.5) is 5.82 Å². The highest BCUT2D eigenvalue weighted by Gasteiger charge is 2.30. The van der Waals surface area contributed by atoms with Gasteiger partial charge in [0.2, 0.25) is 5.79 Å². The first-order valence-electron chi connectivity index (χ1n) is 12.0. The fourth-order valence-electron chi connectivity index (χ4n) is 4.11. The zero-order chi connectivity index (χ0) is 24.2. The van der Waals surface area contributed by atoms with E-state index in [2.05, 4.69) is 51.5 Å². The van der Waals surface area contributed by atoms with Gasteiger partial charge < -0.3 is 20.1 Å². The van der Waals surface area contributed by atoms with Gasteiger partial charge in [-0.05, 0) is 56.6 Å². The summed E-state index contributed by atoms with van der Waals surface area (Å²) >= 11 is 0. The molecule has 0 amide bonds. The average Bonchev–Trinajstić information content (AvgIpc) is 3.52. The Balaban J connectivity index is 1.45. The predicted molar refractivity (Wildman–Crippen MR) is 135 cm³/mol. The van der Waals surface area contributed by atoms with Crippen molar-refractivity contribution in [3.63, 3.8) is 0 Å². The predicted octanol–water partition coefficient (Wildman–Crippen LogP) is 3.28. The van der Waals surface area contributed by atoms with Crippen LogP contribution in [0.2, 0.25) is 0 Å². The highest BCUT2D eigenvalue weighted by Crippen LogP contribution is 2.33. The summed E-state index contributed by atoms with van der Waals surface area (Å²) in [5.41, 5.74) is 8.55. The molecule has 1 unspecified atom stereocenters. The van der Waals surface area contributed by atoms with E-state index < -0.39 is 5.79 Å². The number of allylic oxidation sites excluding steroid dienone is 1. The summed E-state index contributed by atoms with van der Waals surface area (Å²) in [5, 5.41) is 14.1. The Labute approximate surface area is 201 Å². The molecule has 184 valence electrons. The van der Waals surface area contributed by atoms with Crippen molar-refractivity contribution in [2.24, 2.45) is 10.7 Å². The van der Waals surface area contributed by atoms with Crippen LogP contribution in [0.3, 0.4) is 0 Å². The van der Waals surface area contributed by atoms with Crippen LogP contribution in [0, 0.1) is 0 Å². The molecular weight excluding hydrogens is 430 g/mol. The van der Waals surface area contributed by atoms with Gasteiger partial charge in [0.15, 0.2) is 17.3 Å². The van der Waals surface area contributed by atoms with Gasteiger partial charge in [-0.2, -0.15) is 5.10 Å². The van der Waals surface area contributed by atoms with Crippen molar-refractivity contribution < 1.29 is 9.47 Å². The third kappa shape index (κ3) is 5.37. The molecule has 3 heterocycles. The number of nitrogens with one attached hydrogen (secondary N) is 3. The molecule has 9 nitrogen and oxygen atoms in total. The molecule has 0 bridgehead atoms. The van der Waals surface area contributed by atoms with E-state index in [1.807, 2.05) is 30.3 Å². The molecular formula is C25H37N7O2. The van der Waals surface area contributed by atoms with Crippen molar-refractivity contribution in [2.75, 3.05) is 38.7 Å². The smallest absolute Gasteiger partial charge is 0.210 e. The van der Waals surface area contributed by atoms with E-state index in [-0.39, 0.29) is 5.41 Å². The van der Waals surface area contributed by atoms with Crippen LogP contribution in [0.15, 0.2) is 41.2 Å². The summed E-state index contributed by atoms with van der Waals surface area (Å²) in [5.74, 6) is 1.60. The van der Waals surface area contributed by atoms with Crippen molar-refractivity contribution in [1.29, 1.82) is 0 Å². The van der Waals surface area contributed by atoms with Gasteiger partial charge in [0.25, 0.3) is 0 Å². The topological polar surface area (TPSA) is 113 Å². The van der Waals surface area contributed by atoms with E-state index in [1.165, 1.54) is 12.8 Å². The number of nitrogens with zero attached hydrogens (tertiary/aromatic N) is 3. The molecule has 1 aromatic heterocycles. The summed E-state index contributed by atoms with van der Waals surface area (Å²) in [6.07, 6.45) is 7.06. The molecule has 5 N–H and O–H groups in total. The van der Waals surface area contributed by atoms with E-state index in [4.69, 9.17) is 15.2 Å². The second kappa shape index (κ2) is 10.1. The summed E-state index contributed by atoms with van der Waals surface area (Å²) < 4.78 is 11.6. The number of benzene rings is 1. The van der Waals surface area contributed by atoms with Crippen molar-refractivity contribution in [3.05, 3.63) is 47.4 Å². The van der Waals surface area contributed by atoms with Crippen molar-refractivity contribution in [2.45, 2.75) is 51.2 Å². The summed E-state index contributed by atoms with van der Waals surface area (Å²) in [4.78, 5) is 6.93. The highest BCUT2D eigenvalue weighted by molar-refractivity contribution is 5.75. The quantitative estimate of drug-likeness (QED) is 0.424. The molecule has 4 rings (SSSR count). The number of likely N-dealkylation sites (tertiary alicyclic amines) is 1. The summed E-state index contributed by atoms with van der Waals surface area (Å²) in [6.45, 7) is 10.3. The lowest BCUT2D eigenvalue weighted by Crippen LogP contribution is -2.51. The second-order valence-electron chi connectivity index (χ2n) is 9.54. The molecule has 0 radical (unpaired) electrons. The van der Waals surface area contributed by atoms with Gasteiger partial charge in [0.1, 0.15) is 12.4 Å². The third-order valence-electron chi connectivity index (χ3n) is 6.77. The zero-order valence-corrected chi connectivity index (χ0v) is 20.6. The van der Waals surface area contributed by atoms with Gasteiger partial charge in [0, 0.05) is 35.5 Å². The minimum Gasteiger partial charge on any atom is -0.493 e. The normalized spacial score (nSPS) is 20.7. The number of H-pyrrole nitrogens is 1. The number of aliphatic imine (C=N–C) groups is 1. The van der Waals surface area contributed by atoms with Gasteiger partial charge in [-0.25, -0.2) is 4.99 Å². The fraction of sp³-hybridized carbons (Fsp3) is 0.520. The average molecular weight is 468 g/mol. The van der Waals surface area contributed by atoms with Crippen LogP contribution >= 0.6 is 0 Å². The van der Waals surface area contributed by atoms with E-state index in [1.54, 1.807) is 13.3 Å². The Hall–Kier alpha value is -3.04. The lowest BCUT2D eigenvalue weighted by Gasteiger charge is -2.32. The molecule has 1 atom stereocenters. The van der Waals surface area contributed by atoms with Crippen molar-refractivity contribution >= 4 is 12.0 Å². The Bertz CT molecular complexity index is 1040. The standard InChI is InChI=1S/C25H37N7O2/c1-5-24(2,3)21-17-23(31-30-21)28-22-10-11-27-25(26,29-22)18-8-9-19(33-4)20(16-18)34-15-14-32-12-6-7-13-32/h8-11,16-17,29H,5-7,12-15,26H2,1-4H3,(H2,28,30,31). The first kappa shape index (κ1) is 24.1. The fourth-order valence-corrected chi connectivity index (χ4v) is 4.11. The Morgan fingerprint density at radius 1 is 1.21 bits per heavy atom. The molecule has 0 saturated carbocycles. The first-order chi connectivity index (χ1) is 16.3. The minimum atomic E-state index is -1.15. The summed E-state index contributed by atoms with van der Waals surface area (Å²) in [7, 11) is 1.64. The monoisotopic (exact) mass is 467 g/mol. The Kier molecular flexibility index (Phi) is 7.13. The zero-order valence-electron chi connectivity index (χ0n) is 20.6. The number of nitrogens with two attached hydrogens (primary N) is 1. The molecule has 2 aliphatic rings. The first-order valence-corrected chi connectivity index (χ1v) is 12.0. The van der Waals surface area contributed by atoms with Crippen LogP contribution in [0.1, 0.15) is 51.3 Å². The lowest BCUT2D eigenvalue weighted by atomic mass is 9.87. The Morgan fingerprint density at radius 2 is 2.00 bits per heavy atom. The van der Waals surface area contributed by atoms with Crippen LogP contribution in [0.5, 0.6) is 11.5 Å². The largest absolute Gasteiger partial charge is 0.493 e. The van der Waals surface area contributed by atoms with Crippen molar-refractivity contribution in [1.82, 2.24) is 20.4 Å². The number of methoxy groups -OCH3 is 1. The highest BCUT2D eigenvalue weighted by atomic mass is 16.5. The molecule has 34 heavy (non-hydrogen) atoms. The number of hydrogen-bond donors (Lipinski definition) is 4. The number of hydrogen-bond acceptors (Lipinski definition) is 8. The summed E-state index contributed by atoms with van der Waals surface area (Å²) in [6, 6.07) is 7.68. The maximum absolute atomic E-state index is 6.69. The van der Waals surface area contributed by atoms with Gasteiger partial charge in [-0.3, -0.25) is 15.7 Å². The molecule has 2 aromatic rings. The van der Waals surface area contributed by atoms with Crippen molar-refractivity contribution in [3.8, 4) is 11.5 Å². The Morgan fingerprint density at radius 3 is 2.74 bits per heavy atom. The van der Waals surface area contributed by atoms with Crippen LogP contribution in [0.25, 0.3) is 0 Å². The second-order valence-corrected chi connectivity index (χ2v) is 9.54. The minimum absolute atomic E-state index is 0.0225. The van der Waals surface area contributed by atoms with E-state index in [0.717, 1.165) is 37.3 Å². The van der Waals surface area contributed by atoms with Gasteiger partial charge in [0.05, 0.1) is 7.11 Å². The third-order valence-corrected chi connectivity index (χ3v) is 6.77. The van der Waals surface area contributed by atoms with Gasteiger partial charge in [-0.15, -0.1) is 0 Å². The molecule has 9 heteroatoms. The van der Waals surface area contributed by atoms with Crippen LogP contribution < -0.4 is 25.8 Å². The van der Waals surface area contributed by atoms with Crippen LogP contribution in [-0.4, -0.2) is 54.7 Å².